The lowest BCUT2D eigenvalue weighted by Gasteiger charge is -2.41. The van der Waals surface area contributed by atoms with E-state index < -0.39 is 17.7 Å². The molecule has 3 aromatic rings. The molecule has 0 radical (unpaired) electrons. The molecule has 41 heavy (non-hydrogen) atoms. The number of carbonyl (C=O) groups is 2. The minimum Gasteiger partial charge on any atom is -0.488 e. The summed E-state index contributed by atoms with van der Waals surface area (Å²) in [5, 5.41) is 12.8. The zero-order valence-corrected chi connectivity index (χ0v) is 23.6. The first kappa shape index (κ1) is 28.7. The van der Waals surface area contributed by atoms with Crippen molar-refractivity contribution >= 4 is 40.7 Å². The average Bonchev–Trinajstić information content (AvgIpc) is 2.96. The molecule has 2 unspecified atom stereocenters. The highest BCUT2D eigenvalue weighted by Crippen LogP contribution is 2.39. The second-order valence-electron chi connectivity index (χ2n) is 10.4. The zero-order valence-electron chi connectivity index (χ0n) is 22.9. The fourth-order valence-corrected chi connectivity index (χ4v) is 5.42. The number of halogens is 2. The molecule has 2 N–H and O–H groups in total. The third-order valence-electron chi connectivity index (χ3n) is 7.57. The number of likely N-dealkylation sites (N-methyl/N-ethyl adjacent to an activating group) is 1. The predicted molar refractivity (Wildman–Crippen MR) is 154 cm³/mol. The number of carbonyl (C=O) groups excluding carboxylic acids is 1. The van der Waals surface area contributed by atoms with Gasteiger partial charge in [-0.2, -0.15) is 0 Å². The first-order valence-electron chi connectivity index (χ1n) is 13.5. The lowest BCUT2D eigenvalue weighted by molar-refractivity contribution is -0.144. The van der Waals surface area contributed by atoms with E-state index in [0.29, 0.717) is 60.8 Å². The van der Waals surface area contributed by atoms with Crippen molar-refractivity contribution in [3.63, 3.8) is 0 Å². The summed E-state index contributed by atoms with van der Waals surface area (Å²) in [4.78, 5) is 39.4. The van der Waals surface area contributed by atoms with E-state index in [0.717, 1.165) is 12.2 Å². The molecule has 10 nitrogen and oxygen atoms in total. The number of benzene rings is 1. The monoisotopic (exact) mass is 582 g/mol. The summed E-state index contributed by atoms with van der Waals surface area (Å²) < 4.78 is 20.4. The Kier molecular flexibility index (Phi) is 8.67. The number of nitrogens with one attached hydrogen (secondary N) is 1. The fourth-order valence-electron chi connectivity index (χ4n) is 5.24. The molecule has 1 fully saturated rings. The maximum absolute atomic E-state index is 14.6. The molecule has 4 heterocycles. The van der Waals surface area contributed by atoms with Crippen LogP contribution >= 0.6 is 11.6 Å². The number of aromatic nitrogens is 2. The Hall–Kier alpha value is -3.80. The highest BCUT2D eigenvalue weighted by Gasteiger charge is 2.33. The molecule has 1 amide bonds. The van der Waals surface area contributed by atoms with Crippen LogP contribution in [-0.4, -0.2) is 89.2 Å². The Bertz CT molecular complexity index is 1440. The number of piperazine rings is 1. The zero-order chi connectivity index (χ0) is 29.1. The van der Waals surface area contributed by atoms with Gasteiger partial charge in [-0.1, -0.05) is 18.5 Å². The molecule has 1 saturated heterocycles. The van der Waals surface area contributed by atoms with Crippen molar-refractivity contribution in [3.05, 3.63) is 59.6 Å². The summed E-state index contributed by atoms with van der Waals surface area (Å²) in [7, 11) is 1.98. The lowest BCUT2D eigenvalue weighted by atomic mass is 9.97. The third-order valence-corrected chi connectivity index (χ3v) is 7.80. The number of aliphatic carboxylic acids is 1. The van der Waals surface area contributed by atoms with Gasteiger partial charge in [0, 0.05) is 67.2 Å². The Labute approximate surface area is 242 Å². The fraction of sp³-hybridized carbons (Fsp3) is 0.379. The first-order valence-corrected chi connectivity index (χ1v) is 13.8. The number of carboxylic acids is 1. The number of rotatable bonds is 8. The molecular weight excluding hydrogens is 551 g/mol. The van der Waals surface area contributed by atoms with Crippen molar-refractivity contribution in [2.75, 3.05) is 56.6 Å². The molecule has 1 aromatic carbocycles. The van der Waals surface area contributed by atoms with Crippen molar-refractivity contribution in [1.29, 1.82) is 0 Å². The van der Waals surface area contributed by atoms with E-state index in [1.54, 1.807) is 31.5 Å². The van der Waals surface area contributed by atoms with Crippen molar-refractivity contribution < 1.29 is 23.8 Å². The highest BCUT2D eigenvalue weighted by atomic mass is 35.5. The van der Waals surface area contributed by atoms with Gasteiger partial charge in [-0.05, 0) is 37.4 Å². The number of nitrogens with zero attached hydrogens (tertiary/aromatic N) is 5. The molecule has 5 rings (SSSR count). The lowest BCUT2D eigenvalue weighted by Crippen LogP contribution is -2.56. The van der Waals surface area contributed by atoms with Crippen molar-refractivity contribution in [2.24, 2.45) is 5.92 Å². The van der Waals surface area contributed by atoms with Gasteiger partial charge in [-0.15, -0.1) is 0 Å². The van der Waals surface area contributed by atoms with Crippen LogP contribution in [0.4, 0.5) is 21.6 Å². The molecule has 2 aliphatic rings. The number of carboxylic acid groups (broad SMARTS) is 1. The number of hydrogen-bond acceptors (Lipinski definition) is 8. The van der Waals surface area contributed by atoms with Gasteiger partial charge in [0.1, 0.15) is 18.2 Å². The summed E-state index contributed by atoms with van der Waals surface area (Å²) in [6.45, 7) is 5.27. The summed E-state index contributed by atoms with van der Waals surface area (Å²) in [6, 6.07) is 9.52. The number of anilines is 3. The van der Waals surface area contributed by atoms with E-state index in [-0.39, 0.29) is 23.9 Å². The quantitative estimate of drug-likeness (QED) is 0.405. The number of amides is 1. The Morgan fingerprint density at radius 2 is 2.02 bits per heavy atom. The van der Waals surface area contributed by atoms with E-state index in [1.165, 1.54) is 18.2 Å². The Morgan fingerprint density at radius 1 is 1.20 bits per heavy atom. The topological polar surface area (TPSA) is 111 Å². The second kappa shape index (κ2) is 12.4. The SMILES string of the molecule is CC(C(=O)O)C1CN(C)CCN1CCC(=O)Nc1cc(N2CCOc3cnc(-c4cc(Cl)ccc4F)cc32)ccn1. The summed E-state index contributed by atoms with van der Waals surface area (Å²) >= 11 is 6.10. The van der Waals surface area contributed by atoms with Gasteiger partial charge >= 0.3 is 5.97 Å². The number of ether oxygens (including phenoxy) is 1. The van der Waals surface area contributed by atoms with Gasteiger partial charge in [-0.25, -0.2) is 9.37 Å². The van der Waals surface area contributed by atoms with E-state index in [4.69, 9.17) is 16.3 Å². The number of fused-ring (bicyclic) bond motifs is 1. The Balaban J connectivity index is 1.29. The molecule has 0 spiro atoms. The summed E-state index contributed by atoms with van der Waals surface area (Å²) in [5.41, 5.74) is 2.19. The highest BCUT2D eigenvalue weighted by molar-refractivity contribution is 6.30. The van der Waals surface area contributed by atoms with Crippen molar-refractivity contribution in [2.45, 2.75) is 19.4 Å². The van der Waals surface area contributed by atoms with Crippen LogP contribution in [-0.2, 0) is 9.59 Å². The van der Waals surface area contributed by atoms with Gasteiger partial charge in [0.15, 0.2) is 5.75 Å². The van der Waals surface area contributed by atoms with Crippen LogP contribution in [0.2, 0.25) is 5.02 Å². The molecule has 12 heteroatoms. The summed E-state index contributed by atoms with van der Waals surface area (Å²) in [5.74, 6) is -1.07. The van der Waals surface area contributed by atoms with Gasteiger partial charge in [0.25, 0.3) is 0 Å². The van der Waals surface area contributed by atoms with Crippen molar-refractivity contribution in [3.8, 4) is 17.0 Å². The van der Waals surface area contributed by atoms with Crippen LogP contribution in [0.25, 0.3) is 11.3 Å². The number of hydrogen-bond donors (Lipinski definition) is 2. The summed E-state index contributed by atoms with van der Waals surface area (Å²) in [6.07, 6.45) is 3.39. The smallest absolute Gasteiger partial charge is 0.307 e. The van der Waals surface area contributed by atoms with E-state index in [9.17, 15) is 19.1 Å². The maximum Gasteiger partial charge on any atom is 0.307 e. The minimum absolute atomic E-state index is 0.165. The largest absolute Gasteiger partial charge is 0.488 e. The maximum atomic E-state index is 14.6. The standard InChI is InChI=1S/C29H32ClFN6O4/c1-18(29(39)40)25-17-35(2)9-10-36(25)8-6-28(38)34-27-14-20(5-7-32-27)37-11-12-41-26-16-33-23(15-24(26)37)21-13-19(30)3-4-22(21)31/h3-5,7,13-16,18,25H,6,8-12,17H2,1-2H3,(H,39,40)(H,32,34,38). The molecule has 0 aliphatic carbocycles. The van der Waals surface area contributed by atoms with Gasteiger partial charge in [-0.3, -0.25) is 19.5 Å². The molecule has 0 saturated carbocycles. The van der Waals surface area contributed by atoms with Gasteiger partial charge < -0.3 is 25.0 Å². The van der Waals surface area contributed by atoms with Gasteiger partial charge in [0.05, 0.1) is 30.0 Å². The van der Waals surface area contributed by atoms with Crippen LogP contribution in [0.5, 0.6) is 5.75 Å². The first-order chi connectivity index (χ1) is 19.7. The molecular formula is C29H32ClFN6O4. The second-order valence-corrected chi connectivity index (χ2v) is 10.8. The van der Waals surface area contributed by atoms with E-state index in [2.05, 4.69) is 25.1 Å². The molecule has 0 bridgehead atoms. The molecule has 2 atom stereocenters. The number of pyridine rings is 2. The van der Waals surface area contributed by atoms with Crippen molar-refractivity contribution in [1.82, 2.24) is 19.8 Å². The molecule has 2 aromatic heterocycles. The van der Waals surface area contributed by atoms with E-state index >= 15 is 0 Å². The van der Waals surface area contributed by atoms with Crippen LogP contribution < -0.4 is 15.0 Å². The average molecular weight is 583 g/mol. The van der Waals surface area contributed by atoms with Crippen LogP contribution in [0.3, 0.4) is 0 Å². The molecule has 216 valence electrons. The van der Waals surface area contributed by atoms with E-state index in [1.807, 2.05) is 18.0 Å². The minimum atomic E-state index is -0.842. The van der Waals surface area contributed by atoms with Gasteiger partial charge in [0.2, 0.25) is 5.91 Å². The third kappa shape index (κ3) is 6.58. The Morgan fingerprint density at radius 3 is 2.83 bits per heavy atom. The van der Waals surface area contributed by atoms with Crippen LogP contribution in [0.1, 0.15) is 13.3 Å². The van der Waals surface area contributed by atoms with Crippen LogP contribution in [0.15, 0.2) is 48.8 Å². The molecule has 2 aliphatic heterocycles. The normalized spacial score (nSPS) is 18.3. The van der Waals surface area contributed by atoms with Crippen LogP contribution in [0, 0.1) is 11.7 Å². The predicted octanol–water partition coefficient (Wildman–Crippen LogP) is 4.13.